The minimum atomic E-state index is -1.51. The van der Waals surface area contributed by atoms with E-state index in [1.807, 2.05) is 35.2 Å². The van der Waals surface area contributed by atoms with Crippen LogP contribution in [0.1, 0.15) is 48.0 Å². The molecule has 184 valence electrons. The molecule has 1 N–H and O–H groups in total. The summed E-state index contributed by atoms with van der Waals surface area (Å²) in [5.74, 6) is -3.04. The minimum absolute atomic E-state index is 0.180. The van der Waals surface area contributed by atoms with Crippen molar-refractivity contribution >= 4 is 28.1 Å². The van der Waals surface area contributed by atoms with E-state index in [1.54, 1.807) is 0 Å². The Labute approximate surface area is 208 Å². The van der Waals surface area contributed by atoms with E-state index in [-0.39, 0.29) is 11.8 Å². The molecule has 0 saturated carbocycles. The van der Waals surface area contributed by atoms with Crippen molar-refractivity contribution in [1.82, 2.24) is 0 Å². The maximum absolute atomic E-state index is 14.3. The zero-order chi connectivity index (χ0) is 25.2. The lowest BCUT2D eigenvalue weighted by atomic mass is 9.90. The fraction of sp³-hybridized carbons (Fsp3) is 0.233. The second-order valence-electron chi connectivity index (χ2n) is 9.31. The van der Waals surface area contributed by atoms with Crippen molar-refractivity contribution in [3.05, 3.63) is 102 Å². The van der Waals surface area contributed by atoms with Crippen LogP contribution < -0.4 is 9.64 Å². The smallest absolute Gasteiger partial charge is 0.338 e. The number of anilines is 2. The first-order valence-corrected chi connectivity index (χ1v) is 12.2. The van der Waals surface area contributed by atoms with E-state index >= 15 is 0 Å². The average Bonchev–Trinajstić information content (AvgIpc) is 2.89. The highest BCUT2D eigenvalue weighted by atomic mass is 19.2. The van der Waals surface area contributed by atoms with E-state index in [2.05, 4.69) is 43.3 Å². The van der Waals surface area contributed by atoms with Gasteiger partial charge in [-0.25, -0.2) is 13.6 Å². The standard InChI is InChI=1S/C30H27F2NO3/c1-19(23-13-7-10-20-9-2-3-12-24(20)23)8-6-11-22-18-33(27-14-4-5-15-28(27)36-22)21-16-25(30(34)35)29(32)26(31)17-21/h2-5,7,9-10,12-17,19,22H,6,8,11,18H2,1H3,(H,34,35)/t19-,22?/m0/s1. The van der Waals surface area contributed by atoms with Crippen LogP contribution in [0.2, 0.25) is 0 Å². The van der Waals surface area contributed by atoms with Crippen molar-refractivity contribution in [2.75, 3.05) is 11.4 Å². The van der Waals surface area contributed by atoms with E-state index in [1.165, 1.54) is 22.4 Å². The summed E-state index contributed by atoms with van der Waals surface area (Å²) in [6.45, 7) is 2.64. The number of carboxylic acid groups (broad SMARTS) is 1. The minimum Gasteiger partial charge on any atom is -0.486 e. The van der Waals surface area contributed by atoms with Crippen molar-refractivity contribution in [1.29, 1.82) is 0 Å². The average molecular weight is 488 g/mol. The monoisotopic (exact) mass is 487 g/mol. The van der Waals surface area contributed by atoms with Crippen LogP contribution in [0, 0.1) is 11.6 Å². The van der Waals surface area contributed by atoms with E-state index < -0.39 is 23.2 Å². The summed E-state index contributed by atoms with van der Waals surface area (Å²) in [4.78, 5) is 13.3. The number of rotatable bonds is 7. The molecule has 5 rings (SSSR count). The van der Waals surface area contributed by atoms with Gasteiger partial charge in [0.15, 0.2) is 11.6 Å². The molecular weight excluding hydrogens is 460 g/mol. The van der Waals surface area contributed by atoms with Crippen LogP contribution in [-0.2, 0) is 0 Å². The molecule has 0 bridgehead atoms. The SMILES string of the molecule is C[C@@H](CCCC1CN(c2cc(F)c(F)c(C(=O)O)c2)c2ccccc2O1)c1cccc2ccccc12. The molecule has 2 atom stereocenters. The summed E-state index contributed by atoms with van der Waals surface area (Å²) >= 11 is 0. The van der Waals surface area contributed by atoms with Crippen LogP contribution in [-0.4, -0.2) is 23.7 Å². The molecule has 1 unspecified atom stereocenters. The van der Waals surface area contributed by atoms with Gasteiger partial charge in [0.1, 0.15) is 17.4 Å². The van der Waals surface area contributed by atoms with Gasteiger partial charge in [0.2, 0.25) is 0 Å². The normalized spacial score (nSPS) is 15.9. The maximum atomic E-state index is 14.3. The van der Waals surface area contributed by atoms with E-state index in [4.69, 9.17) is 4.74 Å². The predicted octanol–water partition coefficient (Wildman–Crippen LogP) is 7.69. The van der Waals surface area contributed by atoms with Gasteiger partial charge < -0.3 is 14.7 Å². The highest BCUT2D eigenvalue weighted by molar-refractivity contribution is 5.90. The van der Waals surface area contributed by atoms with E-state index in [0.717, 1.165) is 25.3 Å². The molecule has 0 aromatic heterocycles. The number of fused-ring (bicyclic) bond motifs is 2. The first-order chi connectivity index (χ1) is 17.4. The third-order valence-corrected chi connectivity index (χ3v) is 6.91. The van der Waals surface area contributed by atoms with Gasteiger partial charge in [-0.2, -0.15) is 0 Å². The molecule has 0 aliphatic carbocycles. The van der Waals surface area contributed by atoms with E-state index in [0.29, 0.717) is 23.9 Å². The Bertz CT molecular complexity index is 1420. The second kappa shape index (κ2) is 9.97. The van der Waals surface area contributed by atoms with Gasteiger partial charge in [0.05, 0.1) is 12.2 Å². The zero-order valence-electron chi connectivity index (χ0n) is 20.0. The number of aromatic carboxylic acids is 1. The lowest BCUT2D eigenvalue weighted by Gasteiger charge is -2.36. The molecule has 0 radical (unpaired) electrons. The highest BCUT2D eigenvalue weighted by Crippen LogP contribution is 2.40. The Kier molecular flexibility index (Phi) is 6.59. The Morgan fingerprint density at radius 3 is 2.64 bits per heavy atom. The molecule has 1 aliphatic heterocycles. The molecule has 1 aliphatic rings. The van der Waals surface area contributed by atoms with Crippen molar-refractivity contribution in [2.24, 2.45) is 0 Å². The van der Waals surface area contributed by atoms with Gasteiger partial charge in [-0.1, -0.05) is 61.5 Å². The Morgan fingerprint density at radius 1 is 1.06 bits per heavy atom. The highest BCUT2D eigenvalue weighted by Gasteiger charge is 2.28. The number of hydrogen-bond acceptors (Lipinski definition) is 3. The summed E-state index contributed by atoms with van der Waals surface area (Å²) < 4.78 is 34.6. The third-order valence-electron chi connectivity index (χ3n) is 6.91. The third kappa shape index (κ3) is 4.63. The zero-order valence-corrected chi connectivity index (χ0v) is 20.0. The second-order valence-corrected chi connectivity index (χ2v) is 9.31. The van der Waals surface area contributed by atoms with Crippen LogP contribution in [0.25, 0.3) is 10.8 Å². The van der Waals surface area contributed by atoms with Gasteiger partial charge >= 0.3 is 5.97 Å². The molecule has 0 spiro atoms. The Morgan fingerprint density at radius 2 is 1.81 bits per heavy atom. The first-order valence-electron chi connectivity index (χ1n) is 12.2. The molecule has 0 amide bonds. The number of halogens is 2. The van der Waals surface area contributed by atoms with Crippen LogP contribution in [0.4, 0.5) is 20.2 Å². The van der Waals surface area contributed by atoms with Crippen LogP contribution in [0.3, 0.4) is 0 Å². The first kappa shape index (κ1) is 23.8. The number of para-hydroxylation sites is 2. The number of carboxylic acids is 1. The van der Waals surface area contributed by atoms with E-state index in [9.17, 15) is 18.7 Å². The van der Waals surface area contributed by atoms with Crippen LogP contribution in [0.5, 0.6) is 5.75 Å². The van der Waals surface area contributed by atoms with Gasteiger partial charge in [-0.3, -0.25) is 0 Å². The number of nitrogens with zero attached hydrogens (tertiary/aromatic N) is 1. The molecule has 6 heteroatoms. The molecule has 4 aromatic rings. The van der Waals surface area contributed by atoms with Crippen molar-refractivity contribution in [3.8, 4) is 5.75 Å². The molecule has 1 heterocycles. The summed E-state index contributed by atoms with van der Waals surface area (Å²) in [5, 5.41) is 11.8. The predicted molar refractivity (Wildman–Crippen MR) is 137 cm³/mol. The molecule has 36 heavy (non-hydrogen) atoms. The number of hydrogen-bond donors (Lipinski definition) is 1. The quantitative estimate of drug-likeness (QED) is 0.290. The molecule has 0 fully saturated rings. The van der Waals surface area contributed by atoms with Crippen LogP contribution >= 0.6 is 0 Å². The van der Waals surface area contributed by atoms with Crippen molar-refractivity contribution in [3.63, 3.8) is 0 Å². The summed E-state index contributed by atoms with van der Waals surface area (Å²) in [6.07, 6.45) is 2.49. The fourth-order valence-electron chi connectivity index (χ4n) is 5.07. The topological polar surface area (TPSA) is 49.8 Å². The van der Waals surface area contributed by atoms with Gasteiger partial charge in [-0.05, 0) is 59.7 Å². The summed E-state index contributed by atoms with van der Waals surface area (Å²) in [6, 6.07) is 24.4. The van der Waals surface area contributed by atoms with Crippen LogP contribution in [0.15, 0.2) is 78.9 Å². The largest absolute Gasteiger partial charge is 0.486 e. The maximum Gasteiger partial charge on any atom is 0.338 e. The Balaban J connectivity index is 1.34. The van der Waals surface area contributed by atoms with Crippen molar-refractivity contribution in [2.45, 2.75) is 38.2 Å². The number of ether oxygens (including phenoxy) is 1. The molecular formula is C30H27F2NO3. The number of benzene rings is 4. The molecule has 4 nitrogen and oxygen atoms in total. The lowest BCUT2D eigenvalue weighted by Crippen LogP contribution is -2.37. The molecule has 4 aromatic carbocycles. The Hall–Kier alpha value is -3.93. The number of carbonyl (C=O) groups is 1. The van der Waals surface area contributed by atoms with Gasteiger partial charge in [0, 0.05) is 11.8 Å². The molecule has 0 saturated heterocycles. The van der Waals surface area contributed by atoms with Gasteiger partial charge in [0.25, 0.3) is 0 Å². The summed E-state index contributed by atoms with van der Waals surface area (Å²) in [5.41, 5.74) is 1.62. The summed E-state index contributed by atoms with van der Waals surface area (Å²) in [7, 11) is 0. The lowest BCUT2D eigenvalue weighted by molar-refractivity contribution is 0.0690. The fourth-order valence-corrected chi connectivity index (χ4v) is 5.07. The van der Waals surface area contributed by atoms with Crippen molar-refractivity contribution < 1.29 is 23.4 Å². The van der Waals surface area contributed by atoms with Gasteiger partial charge in [-0.15, -0.1) is 0 Å².